The van der Waals surface area contributed by atoms with Crippen molar-refractivity contribution in [2.45, 2.75) is 63.4 Å². The Morgan fingerprint density at radius 2 is 1.62 bits per heavy atom. The van der Waals surface area contributed by atoms with Crippen molar-refractivity contribution in [3.05, 3.63) is 78.0 Å². The molecule has 13 heteroatoms. The molecule has 0 spiro atoms. The number of carbonyl (C=O) groups excluding carboxylic acids is 5. The van der Waals surface area contributed by atoms with E-state index in [0.29, 0.717) is 11.9 Å². The number of rotatable bonds is 15. The molecular formula is C32H38N6O7. The van der Waals surface area contributed by atoms with Gasteiger partial charge in [0.05, 0.1) is 37.6 Å². The molecule has 4 rings (SSSR count). The lowest BCUT2D eigenvalue weighted by Gasteiger charge is -2.23. The zero-order valence-corrected chi connectivity index (χ0v) is 25.3. The van der Waals surface area contributed by atoms with Gasteiger partial charge in [0.25, 0.3) is 11.8 Å². The Bertz CT molecular complexity index is 1530. The summed E-state index contributed by atoms with van der Waals surface area (Å²) in [4.78, 5) is 72.7. The van der Waals surface area contributed by atoms with Crippen LogP contribution in [0.15, 0.2) is 66.7 Å². The first kappa shape index (κ1) is 33.0. The smallest absolute Gasteiger partial charge is 0.270 e. The van der Waals surface area contributed by atoms with E-state index in [9.17, 15) is 24.0 Å². The lowest BCUT2D eigenvalue weighted by molar-refractivity contribution is -0.137. The summed E-state index contributed by atoms with van der Waals surface area (Å²) in [5.74, 6) is -3.15. The molecule has 1 aliphatic rings. The number of nitrogens with zero attached hydrogens (tertiary/aromatic N) is 1. The average Bonchev–Trinajstić information content (AvgIpc) is 3.77. The number of hydrogen-bond donors (Lipinski definition) is 5. The predicted molar refractivity (Wildman–Crippen MR) is 164 cm³/mol. The van der Waals surface area contributed by atoms with E-state index in [4.69, 9.17) is 10.5 Å². The van der Waals surface area contributed by atoms with Crippen LogP contribution in [0.5, 0.6) is 0 Å². The number of carbonyl (C=O) groups is 5. The van der Waals surface area contributed by atoms with Crippen LogP contribution in [0, 0.1) is 5.92 Å². The Hall–Kier alpha value is -4.88. The van der Waals surface area contributed by atoms with Gasteiger partial charge in [-0.2, -0.15) is 0 Å². The first-order chi connectivity index (χ1) is 21.5. The summed E-state index contributed by atoms with van der Waals surface area (Å²) in [6.07, 6.45) is -1.23. The van der Waals surface area contributed by atoms with Crippen molar-refractivity contribution in [2.24, 2.45) is 11.7 Å². The zero-order valence-electron chi connectivity index (χ0n) is 25.3. The molecule has 2 aromatic carbocycles. The Morgan fingerprint density at radius 1 is 0.911 bits per heavy atom. The summed E-state index contributed by atoms with van der Waals surface area (Å²) < 4.78 is 5.84. The van der Waals surface area contributed by atoms with Crippen molar-refractivity contribution in [2.75, 3.05) is 7.11 Å². The van der Waals surface area contributed by atoms with Crippen LogP contribution in [0.4, 0.5) is 0 Å². The highest BCUT2D eigenvalue weighted by atomic mass is 16.6. The molecule has 0 aliphatic carbocycles. The number of pyridine rings is 1. The van der Waals surface area contributed by atoms with E-state index in [0.717, 1.165) is 10.9 Å². The van der Waals surface area contributed by atoms with Crippen molar-refractivity contribution in [1.29, 1.82) is 0 Å². The summed E-state index contributed by atoms with van der Waals surface area (Å²) in [6, 6.07) is 17.2. The third-order valence-electron chi connectivity index (χ3n) is 7.36. The Kier molecular flexibility index (Phi) is 11.2. The lowest BCUT2D eigenvalue weighted by Crippen LogP contribution is -2.53. The lowest BCUT2D eigenvalue weighted by atomic mass is 9.99. The second kappa shape index (κ2) is 15.2. The zero-order chi connectivity index (χ0) is 32.5. The molecule has 0 saturated carbocycles. The maximum absolute atomic E-state index is 13.5. The van der Waals surface area contributed by atoms with E-state index in [1.807, 2.05) is 42.5 Å². The van der Waals surface area contributed by atoms with E-state index in [1.165, 1.54) is 13.2 Å². The van der Waals surface area contributed by atoms with Crippen molar-refractivity contribution >= 4 is 40.4 Å². The Labute approximate surface area is 260 Å². The molecule has 1 saturated heterocycles. The van der Waals surface area contributed by atoms with Crippen LogP contribution in [0.3, 0.4) is 0 Å². The van der Waals surface area contributed by atoms with Gasteiger partial charge in [0.2, 0.25) is 17.7 Å². The van der Waals surface area contributed by atoms with Gasteiger partial charge in [-0.1, -0.05) is 68.4 Å². The average molecular weight is 619 g/mol. The fourth-order valence-corrected chi connectivity index (χ4v) is 5.02. The number of nitrogens with two attached hydrogens (primary N) is 1. The highest BCUT2D eigenvalue weighted by molar-refractivity contribution is 5.99. The molecule has 45 heavy (non-hydrogen) atoms. The number of para-hydroxylation sites is 1. The molecule has 0 radical (unpaired) electrons. The Balaban J connectivity index is 1.45. The maximum Gasteiger partial charge on any atom is 0.270 e. The quantitative estimate of drug-likeness (QED) is 0.122. The van der Waals surface area contributed by atoms with Gasteiger partial charge < -0.3 is 26.4 Å². The predicted octanol–water partition coefficient (Wildman–Crippen LogP) is 0.912. The van der Waals surface area contributed by atoms with Gasteiger partial charge in [0, 0.05) is 5.39 Å². The summed E-state index contributed by atoms with van der Waals surface area (Å²) in [5.41, 5.74) is 9.24. The summed E-state index contributed by atoms with van der Waals surface area (Å²) >= 11 is 0. The van der Waals surface area contributed by atoms with Gasteiger partial charge in [0.15, 0.2) is 0 Å². The van der Waals surface area contributed by atoms with E-state index < -0.39 is 66.3 Å². The number of fused-ring (bicyclic) bond motifs is 1. The van der Waals surface area contributed by atoms with Gasteiger partial charge in [-0.15, -0.1) is 0 Å². The van der Waals surface area contributed by atoms with Crippen molar-refractivity contribution in [3.8, 4) is 0 Å². The van der Waals surface area contributed by atoms with Gasteiger partial charge in [0.1, 0.15) is 23.9 Å². The molecule has 13 nitrogen and oxygen atoms in total. The maximum atomic E-state index is 13.5. The van der Waals surface area contributed by atoms with Crippen LogP contribution in [0.2, 0.25) is 0 Å². The minimum Gasteiger partial charge on any atom is -0.370 e. The molecule has 0 unspecified atom stereocenters. The molecule has 1 aromatic heterocycles. The fourth-order valence-electron chi connectivity index (χ4n) is 5.02. The minimum atomic E-state index is -1.28. The first-order valence-electron chi connectivity index (χ1n) is 14.6. The van der Waals surface area contributed by atoms with E-state index in [2.05, 4.69) is 31.3 Å². The third-order valence-corrected chi connectivity index (χ3v) is 7.36. The first-order valence-corrected chi connectivity index (χ1v) is 14.6. The van der Waals surface area contributed by atoms with Gasteiger partial charge >= 0.3 is 0 Å². The number of hydroxylamine groups is 1. The van der Waals surface area contributed by atoms with Crippen LogP contribution >= 0.6 is 0 Å². The standard InChI is InChI=1S/C32H38N6O7/c1-18(2)28(32(43)38-44-3)37-27(40)17-25-29(45-25)23(15-19-9-5-4-6-10-19)35-31(42)24(16-26(33)39)36-30(41)22-14-13-20-11-7-8-12-21(20)34-22/h4-14,18,23-25,28-29H,15-17H2,1-3H3,(H2,33,39)(H,35,42)(H,36,41)(H,37,40)(H,38,43)/t23-,24-,25-,28+,29+/m0/s1. The number of hydrogen-bond acceptors (Lipinski definition) is 8. The summed E-state index contributed by atoms with van der Waals surface area (Å²) in [5, 5.41) is 9.03. The van der Waals surface area contributed by atoms with E-state index in [-0.39, 0.29) is 18.0 Å². The largest absolute Gasteiger partial charge is 0.370 e. The van der Waals surface area contributed by atoms with Crippen LogP contribution < -0.4 is 27.2 Å². The third kappa shape index (κ3) is 9.30. The Morgan fingerprint density at radius 3 is 2.31 bits per heavy atom. The number of aromatic nitrogens is 1. The van der Waals surface area contributed by atoms with Gasteiger partial charge in [-0.25, -0.2) is 10.5 Å². The molecule has 5 atom stereocenters. The minimum absolute atomic E-state index is 0.0512. The number of epoxide rings is 1. The monoisotopic (exact) mass is 618 g/mol. The van der Waals surface area contributed by atoms with Crippen LogP contribution in [0.25, 0.3) is 10.9 Å². The highest BCUT2D eigenvalue weighted by Crippen LogP contribution is 2.30. The molecule has 1 fully saturated rings. The van der Waals surface area contributed by atoms with Crippen LogP contribution in [0.1, 0.15) is 42.7 Å². The molecule has 0 bridgehead atoms. The number of benzene rings is 2. The molecule has 238 valence electrons. The molecule has 1 aliphatic heterocycles. The van der Waals surface area contributed by atoms with E-state index >= 15 is 0 Å². The topological polar surface area (TPSA) is 194 Å². The van der Waals surface area contributed by atoms with E-state index in [1.54, 1.807) is 32.0 Å². The normalized spacial score (nSPS) is 17.5. The van der Waals surface area contributed by atoms with Crippen molar-refractivity contribution in [1.82, 2.24) is 26.4 Å². The van der Waals surface area contributed by atoms with Gasteiger partial charge in [-0.3, -0.25) is 28.8 Å². The molecule has 6 N–H and O–H groups in total. The highest BCUT2D eigenvalue weighted by Gasteiger charge is 2.47. The molecule has 2 heterocycles. The van der Waals surface area contributed by atoms with Gasteiger partial charge in [-0.05, 0) is 30.0 Å². The van der Waals surface area contributed by atoms with Crippen molar-refractivity contribution < 1.29 is 33.5 Å². The molecule has 3 aromatic rings. The number of primary amides is 1. The fraction of sp³-hybridized carbons (Fsp3) is 0.375. The number of amides is 5. The number of ether oxygens (including phenoxy) is 1. The summed E-state index contributed by atoms with van der Waals surface area (Å²) in [6.45, 7) is 3.58. The van der Waals surface area contributed by atoms with Crippen molar-refractivity contribution in [3.63, 3.8) is 0 Å². The number of nitrogens with one attached hydrogen (secondary N) is 4. The second-order valence-electron chi connectivity index (χ2n) is 11.2. The second-order valence-corrected chi connectivity index (χ2v) is 11.2. The molecular weight excluding hydrogens is 580 g/mol. The SMILES string of the molecule is CONC(=O)[C@H](NC(=O)C[C@@H]1O[C@@H]1[C@H](Cc1ccccc1)NC(=O)[C@H](CC(N)=O)NC(=O)c1ccc2ccccc2n1)C(C)C. The molecule has 5 amide bonds. The van der Waals surface area contributed by atoms with Crippen LogP contribution in [-0.2, 0) is 35.2 Å². The summed E-state index contributed by atoms with van der Waals surface area (Å²) in [7, 11) is 1.31. The van der Waals surface area contributed by atoms with Crippen LogP contribution in [-0.4, -0.2) is 72.0 Å².